The highest BCUT2D eigenvalue weighted by Gasteiger charge is 2.35. The second-order valence-electron chi connectivity index (χ2n) is 8.27. The third-order valence-electron chi connectivity index (χ3n) is 5.45. The number of rotatable bonds is 11. The lowest BCUT2D eigenvalue weighted by atomic mass is 10.1. The minimum Gasteiger partial charge on any atom is -0.490 e. The van der Waals surface area contributed by atoms with Crippen molar-refractivity contribution in [2.24, 2.45) is 10.1 Å². The van der Waals surface area contributed by atoms with Crippen LogP contribution in [0.5, 0.6) is 17.2 Å². The Morgan fingerprint density at radius 2 is 1.81 bits per heavy atom. The molecule has 188 valence electrons. The molecule has 2 heterocycles. The quantitative estimate of drug-likeness (QED) is 0.312. The minimum atomic E-state index is -0.447. The van der Waals surface area contributed by atoms with E-state index in [1.807, 2.05) is 44.2 Å². The Balaban J connectivity index is 1.44. The largest absolute Gasteiger partial charge is 0.490 e. The van der Waals surface area contributed by atoms with Crippen LogP contribution in [-0.2, 0) is 4.79 Å². The summed E-state index contributed by atoms with van der Waals surface area (Å²) in [6.07, 6.45) is 4.51. The Labute approximate surface area is 215 Å². The highest BCUT2D eigenvalue weighted by Crippen LogP contribution is 2.32. The maximum absolute atomic E-state index is 12.7. The first-order valence-corrected chi connectivity index (χ1v) is 12.9. The monoisotopic (exact) mass is 506 g/mol. The molecule has 2 aliphatic rings. The second-order valence-corrected chi connectivity index (χ2v) is 9.31. The Morgan fingerprint density at radius 3 is 2.56 bits per heavy atom. The van der Waals surface area contributed by atoms with Crippen molar-refractivity contribution in [3.8, 4) is 17.2 Å². The summed E-state index contributed by atoms with van der Waals surface area (Å²) in [6.45, 7) is 7.23. The van der Waals surface area contributed by atoms with Gasteiger partial charge < -0.3 is 14.2 Å². The number of aliphatic imine (C=N–C) groups is 1. The maximum Gasteiger partial charge on any atom is 0.283 e. The summed E-state index contributed by atoms with van der Waals surface area (Å²) in [5, 5.41) is 15.8. The number of aryl methyl sites for hydroxylation is 1. The number of amidine groups is 2. The normalized spacial score (nSPS) is 16.1. The highest BCUT2D eigenvalue weighted by molar-refractivity contribution is 8.26. The van der Waals surface area contributed by atoms with E-state index in [0.717, 1.165) is 30.1 Å². The number of hydrogen-bond acceptors (Lipinski definition) is 7. The summed E-state index contributed by atoms with van der Waals surface area (Å²) < 4.78 is 17.4. The van der Waals surface area contributed by atoms with Gasteiger partial charge in [-0.2, -0.15) is 15.1 Å². The fourth-order valence-corrected chi connectivity index (χ4v) is 4.50. The van der Waals surface area contributed by atoms with E-state index in [4.69, 9.17) is 19.6 Å². The Hall–Kier alpha value is -3.59. The molecule has 0 radical (unpaired) electrons. The topological polar surface area (TPSA) is 96.6 Å². The first-order chi connectivity index (χ1) is 17.5. The molecule has 9 heteroatoms. The number of amides is 1. The van der Waals surface area contributed by atoms with Gasteiger partial charge in [0, 0.05) is 0 Å². The summed E-state index contributed by atoms with van der Waals surface area (Å²) in [4.78, 5) is 16.9. The third-order valence-corrected chi connectivity index (χ3v) is 6.42. The molecule has 36 heavy (non-hydrogen) atoms. The van der Waals surface area contributed by atoms with Crippen molar-refractivity contribution < 1.29 is 19.0 Å². The van der Waals surface area contributed by atoms with Crippen LogP contribution in [0.2, 0.25) is 0 Å². The van der Waals surface area contributed by atoms with E-state index < -0.39 is 5.91 Å². The van der Waals surface area contributed by atoms with Gasteiger partial charge in [-0.3, -0.25) is 10.2 Å². The van der Waals surface area contributed by atoms with E-state index in [-0.39, 0.29) is 11.4 Å². The van der Waals surface area contributed by atoms with Gasteiger partial charge >= 0.3 is 0 Å². The number of benzene rings is 2. The van der Waals surface area contributed by atoms with Gasteiger partial charge in [0.15, 0.2) is 17.3 Å². The van der Waals surface area contributed by atoms with Crippen molar-refractivity contribution in [3.05, 3.63) is 59.2 Å². The first kappa shape index (κ1) is 25.5. The maximum atomic E-state index is 12.7. The van der Waals surface area contributed by atoms with Gasteiger partial charge in [0.05, 0.1) is 12.2 Å². The van der Waals surface area contributed by atoms with E-state index in [1.165, 1.54) is 22.3 Å². The van der Waals surface area contributed by atoms with Gasteiger partial charge in [-0.15, -0.1) is 0 Å². The van der Waals surface area contributed by atoms with Gasteiger partial charge in [0.1, 0.15) is 24.0 Å². The lowest BCUT2D eigenvalue weighted by Crippen LogP contribution is -2.35. The molecule has 0 bridgehead atoms. The van der Waals surface area contributed by atoms with Crippen LogP contribution in [0.25, 0.3) is 6.08 Å². The molecule has 0 saturated heterocycles. The number of nitrogens with one attached hydrogen (secondary N) is 1. The van der Waals surface area contributed by atoms with Crippen LogP contribution in [0.4, 0.5) is 0 Å². The Morgan fingerprint density at radius 1 is 1.03 bits per heavy atom. The number of hydrogen-bond donors (Lipinski definition) is 1. The highest BCUT2D eigenvalue weighted by atomic mass is 32.2. The summed E-state index contributed by atoms with van der Waals surface area (Å²) in [6, 6.07) is 13.3. The third kappa shape index (κ3) is 6.15. The standard InChI is InChI=1S/C27H30N4O4S/c1-4-6-7-24-30-31-25(28)21(26(32)29-27(31)36-24)16-19-10-13-22(23(17-19)33-5-2)35-15-14-34-20-11-8-18(3)9-12-20/h8-13,16-17,28H,4-7,14-15H2,1-3H3. The number of fused-ring (bicyclic) bond motifs is 1. The van der Waals surface area contributed by atoms with Gasteiger partial charge in [0.25, 0.3) is 5.91 Å². The number of thioether (sulfide) groups is 1. The van der Waals surface area contributed by atoms with E-state index in [9.17, 15) is 4.79 Å². The fourth-order valence-electron chi connectivity index (χ4n) is 3.58. The van der Waals surface area contributed by atoms with Gasteiger partial charge in [-0.1, -0.05) is 37.1 Å². The molecule has 0 fully saturated rings. The summed E-state index contributed by atoms with van der Waals surface area (Å²) in [5.74, 6) is 1.50. The zero-order valence-corrected chi connectivity index (χ0v) is 21.6. The molecule has 0 aromatic heterocycles. The second kappa shape index (κ2) is 11.9. The van der Waals surface area contributed by atoms with Crippen LogP contribution in [0.3, 0.4) is 0 Å². The SMILES string of the molecule is CCCCC1=NN2C(=N)C(=Cc3ccc(OCCOc4ccc(C)cc4)c(OCC)c3)C(=O)N=C2S1. The zero-order chi connectivity index (χ0) is 25.5. The predicted octanol–water partition coefficient (Wildman–Crippen LogP) is 5.66. The minimum absolute atomic E-state index is 0.0236. The van der Waals surface area contributed by atoms with Crippen molar-refractivity contribution >= 4 is 39.8 Å². The van der Waals surface area contributed by atoms with Crippen LogP contribution in [0.1, 0.15) is 44.2 Å². The number of nitrogens with zero attached hydrogens (tertiary/aromatic N) is 3. The van der Waals surface area contributed by atoms with Crippen molar-refractivity contribution in [3.63, 3.8) is 0 Å². The van der Waals surface area contributed by atoms with Crippen LogP contribution in [-0.4, -0.2) is 46.8 Å². The lowest BCUT2D eigenvalue weighted by molar-refractivity contribution is -0.114. The molecule has 2 aromatic rings. The molecule has 8 nitrogen and oxygen atoms in total. The van der Waals surface area contributed by atoms with Gasteiger partial charge in [-0.05, 0) is 74.4 Å². The molecule has 2 aliphatic heterocycles. The molecule has 0 unspecified atom stereocenters. The predicted molar refractivity (Wildman–Crippen MR) is 144 cm³/mol. The molecular formula is C27H30N4O4S. The van der Waals surface area contributed by atoms with Crippen molar-refractivity contribution in [2.45, 2.75) is 40.0 Å². The summed E-state index contributed by atoms with van der Waals surface area (Å²) in [7, 11) is 0. The van der Waals surface area contributed by atoms with Gasteiger partial charge in [0.2, 0.25) is 5.17 Å². The van der Waals surface area contributed by atoms with E-state index in [2.05, 4.69) is 17.0 Å². The molecule has 0 spiro atoms. The molecule has 2 aromatic carbocycles. The Bertz CT molecular complexity index is 1220. The van der Waals surface area contributed by atoms with Crippen LogP contribution in [0, 0.1) is 12.3 Å². The van der Waals surface area contributed by atoms with Crippen LogP contribution >= 0.6 is 11.8 Å². The molecule has 1 amide bonds. The average molecular weight is 507 g/mol. The fraction of sp³-hybridized carbons (Fsp3) is 0.333. The molecule has 0 aliphatic carbocycles. The number of hydrazone groups is 1. The summed E-state index contributed by atoms with van der Waals surface area (Å²) >= 11 is 1.36. The molecular weight excluding hydrogens is 476 g/mol. The number of unbranched alkanes of at least 4 members (excludes halogenated alkanes) is 1. The van der Waals surface area contributed by atoms with E-state index in [0.29, 0.717) is 42.1 Å². The van der Waals surface area contributed by atoms with Crippen molar-refractivity contribution in [1.29, 1.82) is 5.41 Å². The van der Waals surface area contributed by atoms with Crippen LogP contribution < -0.4 is 14.2 Å². The number of carbonyl (C=O) groups excluding carboxylic acids is 1. The molecule has 0 saturated carbocycles. The lowest BCUT2D eigenvalue weighted by Gasteiger charge is -2.20. The zero-order valence-electron chi connectivity index (χ0n) is 20.7. The van der Waals surface area contributed by atoms with E-state index in [1.54, 1.807) is 18.2 Å². The molecule has 4 rings (SSSR count). The summed E-state index contributed by atoms with van der Waals surface area (Å²) in [5.41, 5.74) is 2.06. The molecule has 1 N–H and O–H groups in total. The first-order valence-electron chi connectivity index (χ1n) is 12.1. The average Bonchev–Trinajstić information content (AvgIpc) is 3.28. The van der Waals surface area contributed by atoms with Gasteiger partial charge in [-0.25, -0.2) is 0 Å². The van der Waals surface area contributed by atoms with Crippen molar-refractivity contribution in [2.75, 3.05) is 19.8 Å². The molecule has 0 atom stereocenters. The van der Waals surface area contributed by atoms with E-state index >= 15 is 0 Å². The number of ether oxygens (including phenoxy) is 3. The smallest absolute Gasteiger partial charge is 0.283 e. The number of carbonyl (C=O) groups is 1. The van der Waals surface area contributed by atoms with Crippen molar-refractivity contribution in [1.82, 2.24) is 5.01 Å². The van der Waals surface area contributed by atoms with Crippen LogP contribution in [0.15, 0.2) is 58.1 Å². The Kier molecular flexibility index (Phi) is 8.43.